The van der Waals surface area contributed by atoms with Crippen molar-refractivity contribution in [2.45, 2.75) is 13.0 Å². The van der Waals surface area contributed by atoms with Gasteiger partial charge in [0.2, 0.25) is 5.91 Å². The molecule has 1 aliphatic heterocycles. The second kappa shape index (κ2) is 7.39. The first-order chi connectivity index (χ1) is 14.3. The number of hydrogen-bond acceptors (Lipinski definition) is 4. The van der Waals surface area contributed by atoms with Gasteiger partial charge in [0, 0.05) is 18.3 Å². The molecular weight excluding hydrogens is 364 g/mol. The molecule has 1 unspecified atom stereocenters. The number of amides is 1. The Morgan fingerprint density at radius 3 is 2.90 bits per heavy atom. The van der Waals surface area contributed by atoms with Crippen molar-refractivity contribution in [3.05, 3.63) is 84.3 Å². The Kier molecular flexibility index (Phi) is 4.44. The predicted molar refractivity (Wildman–Crippen MR) is 110 cm³/mol. The lowest BCUT2D eigenvalue weighted by molar-refractivity contribution is -0.126. The van der Waals surface area contributed by atoms with Crippen molar-refractivity contribution in [1.82, 2.24) is 19.9 Å². The highest BCUT2D eigenvalue weighted by Gasteiger charge is 2.25. The number of nitrogens with zero attached hydrogens (tertiary/aromatic N) is 3. The number of imidazole rings is 1. The molecule has 1 aliphatic rings. The van der Waals surface area contributed by atoms with Crippen LogP contribution < -0.4 is 10.1 Å². The summed E-state index contributed by atoms with van der Waals surface area (Å²) in [6, 6.07) is 19.7. The minimum absolute atomic E-state index is 0.00945. The van der Waals surface area contributed by atoms with Gasteiger partial charge in [-0.15, -0.1) is 0 Å². The molecule has 4 aromatic rings. The number of ether oxygens (including phenoxy) is 1. The van der Waals surface area contributed by atoms with E-state index in [1.54, 1.807) is 12.5 Å². The Balaban J connectivity index is 1.34. The van der Waals surface area contributed by atoms with Crippen LogP contribution in [0.3, 0.4) is 0 Å². The summed E-state index contributed by atoms with van der Waals surface area (Å²) in [6.45, 7) is 0.793. The van der Waals surface area contributed by atoms with E-state index in [1.807, 2.05) is 65.2 Å². The quantitative estimate of drug-likeness (QED) is 0.586. The number of pyridine rings is 1. The number of carbonyl (C=O) groups is 1. The first kappa shape index (κ1) is 17.4. The number of benzene rings is 2. The molecule has 1 atom stereocenters. The van der Waals surface area contributed by atoms with Crippen LogP contribution in [0.2, 0.25) is 0 Å². The fourth-order valence-corrected chi connectivity index (χ4v) is 3.74. The molecule has 1 amide bonds. The minimum Gasteiger partial charge on any atom is -0.492 e. The average Bonchev–Trinajstić information content (AvgIpc) is 3.21. The summed E-state index contributed by atoms with van der Waals surface area (Å²) >= 11 is 0. The van der Waals surface area contributed by atoms with Crippen LogP contribution in [0.25, 0.3) is 16.9 Å². The van der Waals surface area contributed by atoms with Crippen molar-refractivity contribution >= 4 is 16.9 Å². The topological polar surface area (TPSA) is 69.0 Å². The van der Waals surface area contributed by atoms with Gasteiger partial charge in [0.1, 0.15) is 24.5 Å². The molecule has 2 aromatic carbocycles. The van der Waals surface area contributed by atoms with Crippen molar-refractivity contribution in [3.63, 3.8) is 0 Å². The second-order valence-corrected chi connectivity index (χ2v) is 7.13. The molecule has 0 saturated heterocycles. The van der Waals surface area contributed by atoms with Gasteiger partial charge in [0.05, 0.1) is 17.0 Å². The highest BCUT2D eigenvalue weighted by Crippen LogP contribution is 2.27. The highest BCUT2D eigenvalue weighted by atomic mass is 16.5. The van der Waals surface area contributed by atoms with Crippen molar-refractivity contribution in [2.75, 3.05) is 6.61 Å². The molecule has 0 radical (unpaired) electrons. The Morgan fingerprint density at radius 1 is 1.07 bits per heavy atom. The van der Waals surface area contributed by atoms with Crippen molar-refractivity contribution in [3.8, 4) is 11.6 Å². The van der Waals surface area contributed by atoms with E-state index in [1.165, 1.54) is 0 Å². The van der Waals surface area contributed by atoms with Gasteiger partial charge in [0.25, 0.3) is 0 Å². The molecule has 29 heavy (non-hydrogen) atoms. The third kappa shape index (κ3) is 3.33. The maximum absolute atomic E-state index is 12.8. The zero-order chi connectivity index (χ0) is 19.6. The molecule has 0 saturated carbocycles. The molecule has 144 valence electrons. The normalized spacial score (nSPS) is 15.5. The molecule has 6 heteroatoms. The summed E-state index contributed by atoms with van der Waals surface area (Å²) in [5, 5.41) is 3.06. The Bertz CT molecular complexity index is 1180. The van der Waals surface area contributed by atoms with Gasteiger partial charge in [-0.1, -0.05) is 36.4 Å². The van der Waals surface area contributed by atoms with Crippen molar-refractivity contribution in [2.24, 2.45) is 5.92 Å². The minimum atomic E-state index is -0.195. The largest absolute Gasteiger partial charge is 0.492 e. The Hall–Kier alpha value is -3.67. The van der Waals surface area contributed by atoms with Crippen LogP contribution in [0.5, 0.6) is 5.75 Å². The lowest BCUT2D eigenvalue weighted by Crippen LogP contribution is -2.37. The Labute approximate surface area is 168 Å². The number of para-hydroxylation sites is 3. The van der Waals surface area contributed by atoms with Gasteiger partial charge in [0.15, 0.2) is 0 Å². The predicted octanol–water partition coefficient (Wildman–Crippen LogP) is 3.29. The monoisotopic (exact) mass is 384 g/mol. The van der Waals surface area contributed by atoms with Crippen molar-refractivity contribution in [1.29, 1.82) is 0 Å². The third-order valence-electron chi connectivity index (χ3n) is 5.25. The van der Waals surface area contributed by atoms with Crippen LogP contribution in [0.1, 0.15) is 11.1 Å². The van der Waals surface area contributed by atoms with Gasteiger partial charge < -0.3 is 10.1 Å². The maximum Gasteiger partial charge on any atom is 0.227 e. The number of fused-ring (bicyclic) bond motifs is 2. The van der Waals surface area contributed by atoms with Gasteiger partial charge in [-0.05, 0) is 36.2 Å². The summed E-state index contributed by atoms with van der Waals surface area (Å²) in [5.74, 6) is 1.44. The zero-order valence-electron chi connectivity index (χ0n) is 15.8. The summed E-state index contributed by atoms with van der Waals surface area (Å²) in [4.78, 5) is 21.7. The van der Waals surface area contributed by atoms with E-state index < -0.39 is 0 Å². The average molecular weight is 384 g/mol. The summed E-state index contributed by atoms with van der Waals surface area (Å²) in [6.07, 6.45) is 4.21. The first-order valence-corrected chi connectivity index (χ1v) is 9.64. The summed E-state index contributed by atoms with van der Waals surface area (Å²) in [7, 11) is 0. The van der Waals surface area contributed by atoms with E-state index in [0.29, 0.717) is 19.6 Å². The van der Waals surface area contributed by atoms with Crippen LogP contribution in [-0.2, 0) is 17.8 Å². The van der Waals surface area contributed by atoms with Gasteiger partial charge in [-0.3, -0.25) is 9.36 Å². The molecule has 0 bridgehead atoms. The van der Waals surface area contributed by atoms with Gasteiger partial charge in [-0.2, -0.15) is 0 Å². The molecular formula is C23H20N4O2. The van der Waals surface area contributed by atoms with Crippen LogP contribution in [0.4, 0.5) is 0 Å². The molecule has 0 aliphatic carbocycles. The van der Waals surface area contributed by atoms with E-state index >= 15 is 0 Å². The van der Waals surface area contributed by atoms with E-state index in [9.17, 15) is 4.79 Å². The smallest absolute Gasteiger partial charge is 0.227 e. The van der Waals surface area contributed by atoms with Crippen molar-refractivity contribution < 1.29 is 9.53 Å². The molecule has 3 heterocycles. The van der Waals surface area contributed by atoms with Crippen LogP contribution in [0, 0.1) is 5.92 Å². The molecule has 5 rings (SSSR count). The van der Waals surface area contributed by atoms with Gasteiger partial charge >= 0.3 is 0 Å². The molecule has 1 N–H and O–H groups in total. The molecule has 0 fully saturated rings. The summed E-state index contributed by atoms with van der Waals surface area (Å²) in [5.41, 5.74) is 3.90. The van der Waals surface area contributed by atoms with Crippen LogP contribution in [0.15, 0.2) is 73.2 Å². The zero-order valence-corrected chi connectivity index (χ0v) is 15.8. The highest BCUT2D eigenvalue weighted by molar-refractivity contribution is 5.80. The lowest BCUT2D eigenvalue weighted by atomic mass is 9.96. The maximum atomic E-state index is 12.8. The van der Waals surface area contributed by atoms with Gasteiger partial charge in [-0.25, -0.2) is 9.97 Å². The molecule has 6 nitrogen and oxygen atoms in total. The first-order valence-electron chi connectivity index (χ1n) is 9.64. The number of hydrogen-bond donors (Lipinski definition) is 1. The number of nitrogens with one attached hydrogen (secondary N) is 1. The SMILES string of the molecule is O=C(NCc1cccnc1-n1cnc2ccccc21)C1COc2ccccc2C1. The van der Waals surface area contributed by atoms with Crippen LogP contribution in [-0.4, -0.2) is 27.0 Å². The summed E-state index contributed by atoms with van der Waals surface area (Å²) < 4.78 is 7.71. The number of rotatable bonds is 4. The molecule has 0 spiro atoms. The fourth-order valence-electron chi connectivity index (χ4n) is 3.74. The second-order valence-electron chi connectivity index (χ2n) is 7.13. The van der Waals surface area contributed by atoms with Crippen LogP contribution >= 0.6 is 0 Å². The number of aromatic nitrogens is 3. The number of carbonyl (C=O) groups excluding carboxylic acids is 1. The van der Waals surface area contributed by atoms with E-state index in [4.69, 9.17) is 4.74 Å². The lowest BCUT2D eigenvalue weighted by Gasteiger charge is -2.24. The van der Waals surface area contributed by atoms with E-state index in [2.05, 4.69) is 15.3 Å². The van der Waals surface area contributed by atoms with E-state index in [-0.39, 0.29) is 11.8 Å². The third-order valence-corrected chi connectivity index (χ3v) is 5.25. The fraction of sp³-hybridized carbons (Fsp3) is 0.174. The standard InChI is InChI=1S/C23H20N4O2/c28-23(18-12-16-6-1-4-10-21(16)29-14-18)25-13-17-7-5-11-24-22(17)27-15-26-19-8-2-3-9-20(19)27/h1-11,15,18H,12-14H2,(H,25,28). The molecule has 2 aromatic heterocycles. The Morgan fingerprint density at radius 2 is 1.93 bits per heavy atom. The van der Waals surface area contributed by atoms with E-state index in [0.717, 1.165) is 33.7 Å².